The SMILES string of the molecule is CC(C)OC(=O)C(C)C(CC(C)C(=O)OCCCOc1ccccc1-c1ccccc1)C(=O)OC(C)C. The van der Waals surface area contributed by atoms with Gasteiger partial charge in [-0.1, -0.05) is 62.4 Å². The quantitative estimate of drug-likeness (QED) is 0.178. The topological polar surface area (TPSA) is 88.1 Å². The summed E-state index contributed by atoms with van der Waals surface area (Å²) in [6.07, 6.45) is -0.00407. The summed E-state index contributed by atoms with van der Waals surface area (Å²) < 4.78 is 22.0. The van der Waals surface area contributed by atoms with Crippen LogP contribution in [0, 0.1) is 17.8 Å². The van der Waals surface area contributed by atoms with E-state index in [9.17, 15) is 14.4 Å². The second-order valence-corrected chi connectivity index (χ2v) is 9.73. The molecule has 0 heterocycles. The van der Waals surface area contributed by atoms with Crippen LogP contribution >= 0.6 is 0 Å². The van der Waals surface area contributed by atoms with E-state index in [1.807, 2.05) is 54.6 Å². The minimum Gasteiger partial charge on any atom is -0.493 e. The number of benzene rings is 2. The Labute approximate surface area is 220 Å². The van der Waals surface area contributed by atoms with Crippen LogP contribution in [-0.4, -0.2) is 43.3 Å². The highest BCUT2D eigenvalue weighted by molar-refractivity contribution is 5.83. The Bertz CT molecular complexity index is 1000. The number of para-hydroxylation sites is 1. The van der Waals surface area contributed by atoms with Crippen molar-refractivity contribution in [2.24, 2.45) is 17.8 Å². The van der Waals surface area contributed by atoms with Gasteiger partial charge in [-0.05, 0) is 45.7 Å². The number of carbonyl (C=O) groups is 3. The first-order chi connectivity index (χ1) is 17.6. The summed E-state index contributed by atoms with van der Waals surface area (Å²) in [4.78, 5) is 37.8. The normalized spacial score (nSPS) is 13.5. The molecule has 7 nitrogen and oxygen atoms in total. The third-order valence-corrected chi connectivity index (χ3v) is 5.75. The highest BCUT2D eigenvalue weighted by atomic mass is 16.6. The predicted molar refractivity (Wildman–Crippen MR) is 142 cm³/mol. The summed E-state index contributed by atoms with van der Waals surface area (Å²) >= 11 is 0. The summed E-state index contributed by atoms with van der Waals surface area (Å²) in [6, 6.07) is 17.8. The van der Waals surface area contributed by atoms with E-state index in [2.05, 4.69) is 0 Å². The number of ether oxygens (including phenoxy) is 4. The number of esters is 3. The molecule has 0 amide bonds. The predicted octanol–water partition coefficient (Wildman–Crippen LogP) is 5.85. The fourth-order valence-corrected chi connectivity index (χ4v) is 3.81. The average molecular weight is 513 g/mol. The van der Waals surface area contributed by atoms with Crippen molar-refractivity contribution in [3.8, 4) is 16.9 Å². The molecule has 0 aromatic heterocycles. The molecule has 2 aromatic rings. The highest BCUT2D eigenvalue weighted by Gasteiger charge is 2.36. The third kappa shape index (κ3) is 9.90. The number of hydrogen-bond acceptors (Lipinski definition) is 7. The van der Waals surface area contributed by atoms with Crippen LogP contribution in [0.25, 0.3) is 11.1 Å². The van der Waals surface area contributed by atoms with Crippen molar-refractivity contribution in [2.75, 3.05) is 13.2 Å². The van der Waals surface area contributed by atoms with Crippen molar-refractivity contribution >= 4 is 17.9 Å². The minimum absolute atomic E-state index is 0.125. The van der Waals surface area contributed by atoms with E-state index in [0.29, 0.717) is 13.0 Å². The van der Waals surface area contributed by atoms with Gasteiger partial charge in [0.15, 0.2) is 0 Å². The lowest BCUT2D eigenvalue weighted by atomic mass is 9.85. The van der Waals surface area contributed by atoms with E-state index in [-0.39, 0.29) is 25.2 Å². The van der Waals surface area contributed by atoms with Crippen LogP contribution in [0.4, 0.5) is 0 Å². The van der Waals surface area contributed by atoms with Gasteiger partial charge in [0.05, 0.1) is 43.2 Å². The Balaban J connectivity index is 1.88. The molecule has 0 N–H and O–H groups in total. The van der Waals surface area contributed by atoms with Crippen LogP contribution in [0.15, 0.2) is 54.6 Å². The molecule has 2 aromatic carbocycles. The lowest BCUT2D eigenvalue weighted by Crippen LogP contribution is -2.35. The van der Waals surface area contributed by atoms with Crippen molar-refractivity contribution in [3.63, 3.8) is 0 Å². The molecule has 0 saturated carbocycles. The van der Waals surface area contributed by atoms with Crippen LogP contribution in [0.5, 0.6) is 5.75 Å². The molecule has 0 aliphatic carbocycles. The lowest BCUT2D eigenvalue weighted by molar-refractivity contribution is -0.166. The monoisotopic (exact) mass is 512 g/mol. The number of hydrogen-bond donors (Lipinski definition) is 0. The first-order valence-electron chi connectivity index (χ1n) is 12.9. The van der Waals surface area contributed by atoms with E-state index < -0.39 is 35.7 Å². The Kier molecular flexibility index (Phi) is 12.1. The summed E-state index contributed by atoms with van der Waals surface area (Å²) in [5.41, 5.74) is 2.06. The van der Waals surface area contributed by atoms with Gasteiger partial charge >= 0.3 is 17.9 Å². The average Bonchev–Trinajstić information content (AvgIpc) is 2.86. The zero-order chi connectivity index (χ0) is 27.4. The molecule has 0 saturated heterocycles. The molecule has 3 atom stereocenters. The Morgan fingerprint density at radius 2 is 1.30 bits per heavy atom. The lowest BCUT2D eigenvalue weighted by Gasteiger charge is -2.25. The van der Waals surface area contributed by atoms with Gasteiger partial charge in [0.25, 0.3) is 0 Å². The van der Waals surface area contributed by atoms with Gasteiger partial charge in [0, 0.05) is 12.0 Å². The maximum atomic E-state index is 12.7. The second-order valence-electron chi connectivity index (χ2n) is 9.73. The highest BCUT2D eigenvalue weighted by Crippen LogP contribution is 2.29. The molecule has 0 fully saturated rings. The van der Waals surface area contributed by atoms with Crippen LogP contribution in [0.3, 0.4) is 0 Å². The third-order valence-electron chi connectivity index (χ3n) is 5.75. The maximum absolute atomic E-state index is 12.7. The van der Waals surface area contributed by atoms with Gasteiger partial charge in [-0.2, -0.15) is 0 Å². The van der Waals surface area contributed by atoms with Gasteiger partial charge in [-0.15, -0.1) is 0 Å². The summed E-state index contributed by atoms with van der Waals surface area (Å²) in [7, 11) is 0. The first-order valence-corrected chi connectivity index (χ1v) is 12.9. The molecule has 202 valence electrons. The smallest absolute Gasteiger partial charge is 0.310 e. The van der Waals surface area contributed by atoms with Crippen LogP contribution in [0.1, 0.15) is 54.4 Å². The van der Waals surface area contributed by atoms with E-state index in [1.54, 1.807) is 41.5 Å². The van der Waals surface area contributed by atoms with E-state index >= 15 is 0 Å². The van der Waals surface area contributed by atoms with Crippen LogP contribution < -0.4 is 4.74 Å². The second kappa shape index (κ2) is 15.0. The van der Waals surface area contributed by atoms with Crippen molar-refractivity contribution in [2.45, 2.75) is 66.6 Å². The molecular formula is C30H40O7. The van der Waals surface area contributed by atoms with E-state index in [1.165, 1.54) is 0 Å². The molecular weight excluding hydrogens is 472 g/mol. The zero-order valence-corrected chi connectivity index (χ0v) is 22.8. The largest absolute Gasteiger partial charge is 0.493 e. The number of carbonyl (C=O) groups excluding carboxylic acids is 3. The van der Waals surface area contributed by atoms with Crippen molar-refractivity contribution in [1.29, 1.82) is 0 Å². The van der Waals surface area contributed by atoms with E-state index in [0.717, 1.165) is 16.9 Å². The Hall–Kier alpha value is -3.35. The van der Waals surface area contributed by atoms with Gasteiger partial charge in [-0.25, -0.2) is 0 Å². The van der Waals surface area contributed by atoms with Gasteiger partial charge in [0.1, 0.15) is 5.75 Å². The molecule has 0 aliphatic heterocycles. The summed E-state index contributed by atoms with van der Waals surface area (Å²) in [6.45, 7) is 10.8. The standard InChI is InChI=1S/C30H40O7/c1-20(2)36-29(32)23(6)26(30(33)37-21(3)4)19-22(5)28(31)35-18-12-17-34-27-16-11-10-15-25(27)24-13-8-7-9-14-24/h7-11,13-16,20-23,26H,12,17-19H2,1-6H3. The fourth-order valence-electron chi connectivity index (χ4n) is 3.81. The Morgan fingerprint density at radius 3 is 1.95 bits per heavy atom. The summed E-state index contributed by atoms with van der Waals surface area (Å²) in [5.74, 6) is -2.84. The van der Waals surface area contributed by atoms with Crippen molar-refractivity contribution in [3.05, 3.63) is 54.6 Å². The van der Waals surface area contributed by atoms with Crippen LogP contribution in [0.2, 0.25) is 0 Å². The van der Waals surface area contributed by atoms with Crippen molar-refractivity contribution in [1.82, 2.24) is 0 Å². The maximum Gasteiger partial charge on any atom is 0.310 e. The molecule has 0 aliphatic rings. The molecule has 3 unspecified atom stereocenters. The minimum atomic E-state index is -0.811. The molecule has 0 radical (unpaired) electrons. The van der Waals surface area contributed by atoms with Gasteiger partial charge in [-0.3, -0.25) is 14.4 Å². The van der Waals surface area contributed by atoms with Crippen molar-refractivity contribution < 1.29 is 33.3 Å². The van der Waals surface area contributed by atoms with Gasteiger partial charge < -0.3 is 18.9 Å². The Morgan fingerprint density at radius 1 is 0.703 bits per heavy atom. The fraction of sp³-hybridized carbons (Fsp3) is 0.500. The number of rotatable bonds is 14. The molecule has 7 heteroatoms. The van der Waals surface area contributed by atoms with Gasteiger partial charge in [0.2, 0.25) is 0 Å². The molecule has 0 bridgehead atoms. The molecule has 0 spiro atoms. The van der Waals surface area contributed by atoms with E-state index in [4.69, 9.17) is 18.9 Å². The first kappa shape index (κ1) is 29.9. The zero-order valence-electron chi connectivity index (χ0n) is 22.8. The molecule has 37 heavy (non-hydrogen) atoms. The summed E-state index contributed by atoms with van der Waals surface area (Å²) in [5, 5.41) is 0. The van der Waals surface area contributed by atoms with Crippen LogP contribution in [-0.2, 0) is 28.6 Å². The molecule has 2 rings (SSSR count).